The smallest absolute Gasteiger partial charge is 0.264 e. The van der Waals surface area contributed by atoms with Gasteiger partial charge in [0.05, 0.1) is 11.9 Å². The van der Waals surface area contributed by atoms with E-state index < -0.39 is 26.6 Å². The zero-order chi connectivity index (χ0) is 20.3. The van der Waals surface area contributed by atoms with E-state index in [4.69, 9.17) is 0 Å². The molecule has 1 heterocycles. The molecule has 0 saturated carbocycles. The van der Waals surface area contributed by atoms with Crippen LogP contribution in [-0.4, -0.2) is 32.7 Å². The van der Waals surface area contributed by atoms with Crippen molar-refractivity contribution in [1.29, 1.82) is 0 Å². The largest absolute Gasteiger partial charge is 0.376 e. The van der Waals surface area contributed by atoms with Gasteiger partial charge in [0.2, 0.25) is 0 Å². The molecule has 0 atom stereocenters. The summed E-state index contributed by atoms with van der Waals surface area (Å²) in [7, 11) is -0.510. The van der Waals surface area contributed by atoms with Crippen LogP contribution in [0.1, 0.15) is 0 Å². The van der Waals surface area contributed by atoms with E-state index in [1.165, 1.54) is 12.1 Å². The van der Waals surface area contributed by atoms with Gasteiger partial charge in [0, 0.05) is 31.5 Å². The zero-order valence-electron chi connectivity index (χ0n) is 15.0. The topological polar surface area (TPSA) is 87.2 Å². The first kappa shape index (κ1) is 19.5. The fourth-order valence-electron chi connectivity index (χ4n) is 2.32. The molecule has 2 N–H and O–H groups in total. The summed E-state index contributed by atoms with van der Waals surface area (Å²) in [6.07, 6.45) is 1.62. The summed E-state index contributed by atoms with van der Waals surface area (Å²) in [6, 6.07) is 10.2. The molecule has 0 saturated heterocycles. The molecule has 0 aliphatic carbocycles. The van der Waals surface area contributed by atoms with Crippen LogP contribution >= 0.6 is 0 Å². The van der Waals surface area contributed by atoms with Crippen molar-refractivity contribution in [2.75, 3.05) is 29.0 Å². The van der Waals surface area contributed by atoms with Crippen LogP contribution in [0.4, 0.5) is 31.7 Å². The summed E-state index contributed by atoms with van der Waals surface area (Å²) in [4.78, 5) is 1.12. The van der Waals surface area contributed by atoms with E-state index in [-0.39, 0.29) is 5.69 Å². The van der Waals surface area contributed by atoms with E-state index in [2.05, 4.69) is 20.2 Å². The van der Waals surface area contributed by atoms with E-state index in [1.807, 2.05) is 19.0 Å². The molecular weight excluding hydrogens is 388 g/mol. The monoisotopic (exact) mass is 405 g/mol. The number of hydrogen-bond donors (Lipinski definition) is 2. The summed E-state index contributed by atoms with van der Waals surface area (Å²) >= 11 is 0. The van der Waals surface area contributed by atoms with Crippen molar-refractivity contribution in [1.82, 2.24) is 10.2 Å². The number of nitrogens with one attached hydrogen (secondary N) is 2. The predicted octanol–water partition coefficient (Wildman–Crippen LogP) is 3.37. The van der Waals surface area contributed by atoms with Crippen molar-refractivity contribution in [3.05, 3.63) is 66.4 Å². The highest BCUT2D eigenvalue weighted by Gasteiger charge is 2.20. The maximum absolute atomic E-state index is 13.8. The highest BCUT2D eigenvalue weighted by Crippen LogP contribution is 2.23. The molecule has 0 spiro atoms. The molecule has 0 unspecified atom stereocenters. The fourth-order valence-corrected chi connectivity index (χ4v) is 3.47. The highest BCUT2D eigenvalue weighted by atomic mass is 32.2. The molecule has 1 aromatic heterocycles. The van der Waals surface area contributed by atoms with Crippen LogP contribution in [0.3, 0.4) is 0 Å². The number of halogens is 2. The predicted molar refractivity (Wildman–Crippen MR) is 103 cm³/mol. The second-order valence-corrected chi connectivity index (χ2v) is 7.73. The van der Waals surface area contributed by atoms with Gasteiger partial charge in [0.25, 0.3) is 10.0 Å². The Labute approximate surface area is 161 Å². The number of sulfonamides is 1. The third-order valence-corrected chi connectivity index (χ3v) is 5.15. The molecular formula is C18H17F2N5O2S. The maximum atomic E-state index is 13.8. The highest BCUT2D eigenvalue weighted by molar-refractivity contribution is 7.92. The first-order valence-corrected chi connectivity index (χ1v) is 9.58. The van der Waals surface area contributed by atoms with Gasteiger partial charge in [-0.05, 0) is 42.5 Å². The Morgan fingerprint density at radius 1 is 0.964 bits per heavy atom. The van der Waals surface area contributed by atoms with Gasteiger partial charge in [-0.1, -0.05) is 0 Å². The van der Waals surface area contributed by atoms with Gasteiger partial charge in [-0.25, -0.2) is 17.2 Å². The average Bonchev–Trinajstić information content (AvgIpc) is 2.65. The Hall–Kier alpha value is -3.27. The minimum Gasteiger partial charge on any atom is -0.376 e. The van der Waals surface area contributed by atoms with Crippen molar-refractivity contribution in [3.8, 4) is 0 Å². The Balaban J connectivity index is 1.76. The molecule has 0 amide bonds. The first-order valence-electron chi connectivity index (χ1n) is 8.09. The van der Waals surface area contributed by atoms with Crippen LogP contribution in [0.2, 0.25) is 0 Å². The molecule has 10 heteroatoms. The second kappa shape index (κ2) is 7.77. The lowest BCUT2D eigenvalue weighted by atomic mass is 10.3. The molecule has 0 aliphatic heterocycles. The van der Waals surface area contributed by atoms with Crippen molar-refractivity contribution in [2.45, 2.75) is 4.90 Å². The van der Waals surface area contributed by atoms with Gasteiger partial charge >= 0.3 is 0 Å². The molecule has 0 radical (unpaired) electrons. The van der Waals surface area contributed by atoms with Crippen molar-refractivity contribution < 1.29 is 17.2 Å². The number of rotatable bonds is 6. The minimum atomic E-state index is -4.27. The van der Waals surface area contributed by atoms with Gasteiger partial charge < -0.3 is 10.2 Å². The Morgan fingerprint density at radius 3 is 2.32 bits per heavy atom. The molecule has 7 nitrogen and oxygen atoms in total. The summed E-state index contributed by atoms with van der Waals surface area (Å²) < 4.78 is 53.8. The normalized spacial score (nSPS) is 11.1. The molecule has 28 heavy (non-hydrogen) atoms. The first-order chi connectivity index (χ1) is 13.2. The summed E-state index contributed by atoms with van der Waals surface area (Å²) in [6.45, 7) is 0. The lowest BCUT2D eigenvalue weighted by molar-refractivity contribution is 0.555. The minimum absolute atomic E-state index is 0.197. The molecule has 146 valence electrons. The van der Waals surface area contributed by atoms with Gasteiger partial charge in [0.1, 0.15) is 16.5 Å². The number of anilines is 4. The Bertz CT molecular complexity index is 1090. The van der Waals surface area contributed by atoms with Gasteiger partial charge in [-0.3, -0.25) is 4.72 Å². The van der Waals surface area contributed by atoms with Crippen LogP contribution < -0.4 is 14.9 Å². The number of hydrogen-bond acceptors (Lipinski definition) is 6. The molecule has 0 fully saturated rings. The van der Waals surface area contributed by atoms with Crippen LogP contribution in [-0.2, 0) is 10.0 Å². The van der Waals surface area contributed by atoms with Crippen LogP contribution in [0.5, 0.6) is 0 Å². The maximum Gasteiger partial charge on any atom is 0.264 e. The molecule has 2 aromatic carbocycles. The van der Waals surface area contributed by atoms with E-state index in [1.54, 1.807) is 24.4 Å². The zero-order valence-corrected chi connectivity index (χ0v) is 15.8. The Kier molecular flexibility index (Phi) is 5.41. The SMILES string of the molecule is CN(C)c1cnnc(Nc2ccc(NS(=O)(=O)c3cc(F)ccc3F)cc2)c1. The molecule has 3 aromatic rings. The second-order valence-electron chi connectivity index (χ2n) is 6.08. The van der Waals surface area contributed by atoms with Crippen molar-refractivity contribution in [3.63, 3.8) is 0 Å². The standard InChI is InChI=1S/C18H17F2N5O2S/c1-25(2)15-10-18(23-21-11-15)22-13-4-6-14(7-5-13)24-28(26,27)17-9-12(19)3-8-16(17)20/h3-11,24H,1-2H3,(H,22,23). The summed E-state index contributed by atoms with van der Waals surface area (Å²) in [5, 5.41) is 10.9. The quantitative estimate of drug-likeness (QED) is 0.654. The lowest BCUT2D eigenvalue weighted by Crippen LogP contribution is -2.15. The third-order valence-electron chi connectivity index (χ3n) is 3.75. The molecule has 0 aliphatic rings. The molecule has 3 rings (SSSR count). The van der Waals surface area contributed by atoms with E-state index in [9.17, 15) is 17.2 Å². The van der Waals surface area contributed by atoms with Crippen molar-refractivity contribution >= 4 is 32.9 Å². The van der Waals surface area contributed by atoms with E-state index in [0.29, 0.717) is 17.6 Å². The summed E-state index contributed by atoms with van der Waals surface area (Å²) in [5.41, 5.74) is 1.70. The van der Waals surface area contributed by atoms with Crippen LogP contribution in [0, 0.1) is 11.6 Å². The van der Waals surface area contributed by atoms with Crippen LogP contribution in [0.15, 0.2) is 59.6 Å². The van der Waals surface area contributed by atoms with Crippen LogP contribution in [0.25, 0.3) is 0 Å². The average molecular weight is 405 g/mol. The van der Waals surface area contributed by atoms with E-state index in [0.717, 1.165) is 17.8 Å². The van der Waals surface area contributed by atoms with Gasteiger partial charge in [-0.15, -0.1) is 5.10 Å². The number of nitrogens with zero attached hydrogens (tertiary/aromatic N) is 3. The van der Waals surface area contributed by atoms with Gasteiger partial charge in [0.15, 0.2) is 5.82 Å². The summed E-state index contributed by atoms with van der Waals surface area (Å²) in [5.74, 6) is -1.37. The van der Waals surface area contributed by atoms with Gasteiger partial charge in [-0.2, -0.15) is 5.10 Å². The lowest BCUT2D eigenvalue weighted by Gasteiger charge is -2.13. The Morgan fingerprint density at radius 2 is 1.64 bits per heavy atom. The third kappa shape index (κ3) is 4.52. The number of benzene rings is 2. The fraction of sp³-hybridized carbons (Fsp3) is 0.111. The number of aromatic nitrogens is 2. The van der Waals surface area contributed by atoms with Crippen molar-refractivity contribution in [2.24, 2.45) is 0 Å². The van der Waals surface area contributed by atoms with E-state index >= 15 is 0 Å². The molecule has 0 bridgehead atoms.